The van der Waals surface area contributed by atoms with Crippen LogP contribution in [0.3, 0.4) is 0 Å². The molecule has 0 radical (unpaired) electrons. The van der Waals surface area contributed by atoms with Crippen molar-refractivity contribution < 1.29 is 13.7 Å². The number of aryl methyl sites for hydroxylation is 2. The molecule has 0 saturated carbocycles. The number of hydrogen-bond acceptors (Lipinski definition) is 3. The van der Waals surface area contributed by atoms with E-state index in [1.807, 2.05) is 25.1 Å². The van der Waals surface area contributed by atoms with Gasteiger partial charge in [-0.05, 0) is 55.8 Å². The summed E-state index contributed by atoms with van der Waals surface area (Å²) in [7, 11) is 0. The SMILES string of the molecule is Cc1ccc(NC(=O)c2c(-c3ccc(F)cc3)noc2C)cc1Br. The molecule has 2 aromatic carbocycles. The molecule has 0 bridgehead atoms. The van der Waals surface area contributed by atoms with Gasteiger partial charge in [-0.25, -0.2) is 4.39 Å². The van der Waals surface area contributed by atoms with E-state index in [0.717, 1.165) is 10.0 Å². The van der Waals surface area contributed by atoms with Gasteiger partial charge < -0.3 is 9.84 Å². The highest BCUT2D eigenvalue weighted by atomic mass is 79.9. The van der Waals surface area contributed by atoms with Crippen LogP contribution in [0.25, 0.3) is 11.3 Å². The van der Waals surface area contributed by atoms with Crippen LogP contribution in [0, 0.1) is 19.7 Å². The fourth-order valence-electron chi connectivity index (χ4n) is 2.31. The van der Waals surface area contributed by atoms with Gasteiger partial charge in [0.15, 0.2) is 0 Å². The molecule has 122 valence electrons. The molecule has 0 unspecified atom stereocenters. The smallest absolute Gasteiger partial charge is 0.261 e. The van der Waals surface area contributed by atoms with Crippen LogP contribution in [0.2, 0.25) is 0 Å². The van der Waals surface area contributed by atoms with E-state index in [1.165, 1.54) is 12.1 Å². The Labute approximate surface area is 146 Å². The first kappa shape index (κ1) is 16.4. The van der Waals surface area contributed by atoms with Crippen molar-refractivity contribution in [2.24, 2.45) is 0 Å². The van der Waals surface area contributed by atoms with Crippen molar-refractivity contribution in [1.29, 1.82) is 0 Å². The summed E-state index contributed by atoms with van der Waals surface area (Å²) in [4.78, 5) is 12.7. The van der Waals surface area contributed by atoms with Gasteiger partial charge in [0.05, 0.1) is 0 Å². The van der Waals surface area contributed by atoms with Gasteiger partial charge in [0.25, 0.3) is 5.91 Å². The summed E-state index contributed by atoms with van der Waals surface area (Å²) >= 11 is 3.44. The minimum Gasteiger partial charge on any atom is -0.360 e. The minimum atomic E-state index is -0.352. The molecule has 0 atom stereocenters. The molecular formula is C18H14BrFN2O2. The van der Waals surface area contributed by atoms with Gasteiger partial charge in [0, 0.05) is 15.7 Å². The summed E-state index contributed by atoms with van der Waals surface area (Å²) < 4.78 is 19.2. The molecule has 1 heterocycles. The van der Waals surface area contributed by atoms with Crippen molar-refractivity contribution in [3.05, 3.63) is 69.6 Å². The maximum absolute atomic E-state index is 13.1. The Morgan fingerprint density at radius 1 is 1.17 bits per heavy atom. The number of carbonyl (C=O) groups is 1. The molecule has 0 aliphatic carbocycles. The predicted octanol–water partition coefficient (Wildman–Crippen LogP) is 5.11. The Bertz CT molecular complexity index is 904. The van der Waals surface area contributed by atoms with Crippen LogP contribution in [0.1, 0.15) is 21.7 Å². The van der Waals surface area contributed by atoms with Crippen molar-refractivity contribution in [2.75, 3.05) is 5.32 Å². The summed E-state index contributed by atoms with van der Waals surface area (Å²) in [6.07, 6.45) is 0. The number of hydrogen-bond donors (Lipinski definition) is 1. The first-order valence-corrected chi connectivity index (χ1v) is 8.04. The zero-order valence-electron chi connectivity index (χ0n) is 13.1. The molecule has 24 heavy (non-hydrogen) atoms. The van der Waals surface area contributed by atoms with E-state index in [0.29, 0.717) is 28.3 Å². The maximum atomic E-state index is 13.1. The number of anilines is 1. The number of nitrogens with zero attached hydrogens (tertiary/aromatic N) is 1. The minimum absolute atomic E-state index is 0.330. The van der Waals surface area contributed by atoms with Gasteiger partial charge in [-0.1, -0.05) is 27.2 Å². The quantitative estimate of drug-likeness (QED) is 0.677. The number of rotatable bonds is 3. The fraction of sp³-hybridized carbons (Fsp3) is 0.111. The molecule has 6 heteroatoms. The van der Waals surface area contributed by atoms with Crippen LogP contribution in [-0.2, 0) is 0 Å². The van der Waals surface area contributed by atoms with Gasteiger partial charge in [0.1, 0.15) is 22.8 Å². The topological polar surface area (TPSA) is 55.1 Å². The number of carbonyl (C=O) groups excluding carboxylic acids is 1. The van der Waals surface area contributed by atoms with Gasteiger partial charge in [-0.3, -0.25) is 4.79 Å². The van der Waals surface area contributed by atoms with Gasteiger partial charge in [-0.15, -0.1) is 0 Å². The molecule has 0 spiro atoms. The maximum Gasteiger partial charge on any atom is 0.261 e. The molecule has 4 nitrogen and oxygen atoms in total. The summed E-state index contributed by atoms with van der Waals surface area (Å²) in [6, 6.07) is 11.3. The lowest BCUT2D eigenvalue weighted by molar-refractivity contribution is 0.102. The number of benzene rings is 2. The van der Waals surface area contributed by atoms with Crippen molar-refractivity contribution >= 4 is 27.5 Å². The molecule has 3 aromatic rings. The van der Waals surface area contributed by atoms with Crippen LogP contribution in [0.15, 0.2) is 51.5 Å². The van der Waals surface area contributed by atoms with Crippen LogP contribution in [0.5, 0.6) is 0 Å². The Morgan fingerprint density at radius 2 is 1.88 bits per heavy atom. The van der Waals surface area contributed by atoms with Crippen molar-refractivity contribution in [3.8, 4) is 11.3 Å². The molecular weight excluding hydrogens is 375 g/mol. The summed E-state index contributed by atoms with van der Waals surface area (Å²) in [6.45, 7) is 3.63. The zero-order valence-corrected chi connectivity index (χ0v) is 14.6. The predicted molar refractivity (Wildman–Crippen MR) is 93.5 cm³/mol. The van der Waals surface area contributed by atoms with E-state index in [1.54, 1.807) is 19.1 Å². The average Bonchev–Trinajstić information content (AvgIpc) is 2.93. The van der Waals surface area contributed by atoms with E-state index >= 15 is 0 Å². The van der Waals surface area contributed by atoms with E-state index in [9.17, 15) is 9.18 Å². The molecule has 1 N–H and O–H groups in total. The third-order valence-corrected chi connectivity index (χ3v) is 4.49. The van der Waals surface area contributed by atoms with Crippen molar-refractivity contribution in [2.45, 2.75) is 13.8 Å². The first-order valence-electron chi connectivity index (χ1n) is 7.25. The molecule has 0 aliphatic rings. The molecule has 0 aliphatic heterocycles. The second-order valence-corrected chi connectivity index (χ2v) is 6.24. The summed E-state index contributed by atoms with van der Waals surface area (Å²) in [5.74, 6) is -0.281. The third kappa shape index (κ3) is 3.23. The zero-order chi connectivity index (χ0) is 17.3. The second kappa shape index (κ2) is 6.57. The Balaban J connectivity index is 1.94. The van der Waals surface area contributed by atoms with E-state index in [2.05, 4.69) is 26.4 Å². The van der Waals surface area contributed by atoms with Gasteiger partial charge in [0.2, 0.25) is 0 Å². The first-order chi connectivity index (χ1) is 11.5. The number of aromatic nitrogens is 1. The number of amides is 1. The molecule has 3 rings (SSSR count). The lowest BCUT2D eigenvalue weighted by Crippen LogP contribution is -2.13. The molecule has 1 amide bonds. The van der Waals surface area contributed by atoms with Gasteiger partial charge in [-0.2, -0.15) is 0 Å². The third-order valence-electron chi connectivity index (χ3n) is 3.64. The summed E-state index contributed by atoms with van der Waals surface area (Å²) in [5, 5.41) is 6.77. The lowest BCUT2D eigenvalue weighted by atomic mass is 10.1. The highest BCUT2D eigenvalue weighted by Crippen LogP contribution is 2.27. The second-order valence-electron chi connectivity index (χ2n) is 5.39. The van der Waals surface area contributed by atoms with Crippen molar-refractivity contribution in [3.63, 3.8) is 0 Å². The Morgan fingerprint density at radius 3 is 2.54 bits per heavy atom. The van der Waals surface area contributed by atoms with Crippen LogP contribution in [0.4, 0.5) is 10.1 Å². The largest absolute Gasteiger partial charge is 0.360 e. The average molecular weight is 389 g/mol. The van der Waals surface area contributed by atoms with Crippen LogP contribution >= 0.6 is 15.9 Å². The standard InChI is InChI=1S/C18H14BrFN2O2/c1-10-3-8-14(9-15(10)19)21-18(23)16-11(2)24-22-17(16)12-4-6-13(20)7-5-12/h3-9H,1-2H3,(H,21,23). The number of nitrogens with one attached hydrogen (secondary N) is 1. The molecule has 0 saturated heterocycles. The van der Waals surface area contributed by atoms with Gasteiger partial charge >= 0.3 is 0 Å². The Kier molecular flexibility index (Phi) is 4.49. The van der Waals surface area contributed by atoms with Crippen LogP contribution in [-0.4, -0.2) is 11.1 Å². The normalized spacial score (nSPS) is 10.7. The van der Waals surface area contributed by atoms with E-state index in [-0.39, 0.29) is 11.7 Å². The highest BCUT2D eigenvalue weighted by molar-refractivity contribution is 9.10. The highest BCUT2D eigenvalue weighted by Gasteiger charge is 2.22. The Hall–Kier alpha value is -2.47. The van der Waals surface area contributed by atoms with E-state index in [4.69, 9.17) is 4.52 Å². The summed E-state index contributed by atoms with van der Waals surface area (Å²) in [5.41, 5.74) is 3.06. The fourth-order valence-corrected chi connectivity index (χ4v) is 2.69. The number of halogens is 2. The molecule has 0 fully saturated rings. The lowest BCUT2D eigenvalue weighted by Gasteiger charge is -2.07. The van der Waals surface area contributed by atoms with Crippen LogP contribution < -0.4 is 5.32 Å². The van der Waals surface area contributed by atoms with E-state index < -0.39 is 0 Å². The monoisotopic (exact) mass is 388 g/mol. The molecule has 1 aromatic heterocycles. The van der Waals surface area contributed by atoms with Crippen molar-refractivity contribution in [1.82, 2.24) is 5.16 Å².